The van der Waals surface area contributed by atoms with Crippen molar-refractivity contribution in [1.82, 2.24) is 14.5 Å². The second-order valence-corrected chi connectivity index (χ2v) is 9.14. The average molecular weight is 554 g/mol. The van der Waals surface area contributed by atoms with E-state index in [-0.39, 0.29) is 16.1 Å². The van der Waals surface area contributed by atoms with Gasteiger partial charge in [0, 0.05) is 48.7 Å². The highest BCUT2D eigenvalue weighted by Gasteiger charge is 2.17. The summed E-state index contributed by atoms with van der Waals surface area (Å²) in [5.41, 5.74) is 2.23. The van der Waals surface area contributed by atoms with E-state index in [0.29, 0.717) is 30.1 Å². The molecule has 0 unspecified atom stereocenters. The second kappa shape index (κ2) is 13.2. The van der Waals surface area contributed by atoms with Crippen LogP contribution in [0, 0.1) is 5.82 Å². The normalized spacial score (nSPS) is 13.0. The Hall–Kier alpha value is -4.02. The van der Waals surface area contributed by atoms with Crippen molar-refractivity contribution in [2.24, 2.45) is 7.05 Å². The number of ether oxygens (including phenoxy) is 2. The zero-order chi connectivity index (χ0) is 27.8. The number of morpholine rings is 1. The summed E-state index contributed by atoms with van der Waals surface area (Å²) in [7, 11) is 1.59. The molecule has 11 heteroatoms. The third-order valence-electron chi connectivity index (χ3n) is 6.07. The lowest BCUT2D eigenvalue weighted by molar-refractivity contribution is -0.128. The number of benzene rings is 2. The van der Waals surface area contributed by atoms with Gasteiger partial charge in [0.15, 0.2) is 0 Å². The van der Waals surface area contributed by atoms with Gasteiger partial charge in [0.1, 0.15) is 11.5 Å². The molecule has 0 amide bonds. The molecule has 0 bridgehead atoms. The molecule has 39 heavy (non-hydrogen) atoms. The summed E-state index contributed by atoms with van der Waals surface area (Å²) in [6.07, 6.45) is 2.50. The number of nitrogens with one attached hydrogen (secondary N) is 1. The number of halogens is 2. The van der Waals surface area contributed by atoms with Crippen molar-refractivity contribution in [2.75, 3.05) is 43.1 Å². The lowest BCUT2D eigenvalue weighted by Crippen LogP contribution is -2.36. The van der Waals surface area contributed by atoms with E-state index in [1.165, 1.54) is 16.7 Å². The lowest BCUT2D eigenvalue weighted by Gasteiger charge is -2.28. The second-order valence-electron chi connectivity index (χ2n) is 8.73. The molecule has 0 saturated carbocycles. The zero-order valence-corrected chi connectivity index (χ0v) is 22.4. The van der Waals surface area contributed by atoms with Gasteiger partial charge >= 0.3 is 0 Å². The highest BCUT2D eigenvalue weighted by molar-refractivity contribution is 6.33. The number of carbonyl (C=O) groups is 1. The lowest BCUT2D eigenvalue weighted by atomic mass is 10.1. The van der Waals surface area contributed by atoms with Gasteiger partial charge in [-0.25, -0.2) is 9.37 Å². The fourth-order valence-corrected chi connectivity index (χ4v) is 4.38. The first-order valence-electron chi connectivity index (χ1n) is 12.5. The average Bonchev–Trinajstić information content (AvgIpc) is 2.96. The highest BCUT2D eigenvalue weighted by Crippen LogP contribution is 2.30. The maximum Gasteiger partial charge on any atom is 0.293 e. The Morgan fingerprint density at radius 2 is 1.92 bits per heavy atom. The Balaban J connectivity index is 0.000000531. The molecule has 1 N–H and O–H groups in total. The molecule has 0 radical (unpaired) electrons. The van der Waals surface area contributed by atoms with Gasteiger partial charge in [0.2, 0.25) is 5.95 Å². The Labute approximate surface area is 230 Å². The van der Waals surface area contributed by atoms with Crippen LogP contribution >= 0.6 is 11.6 Å². The first kappa shape index (κ1) is 28.0. The number of fused-ring (bicyclic) bond motifs is 1. The highest BCUT2D eigenvalue weighted by atomic mass is 35.5. The monoisotopic (exact) mass is 553 g/mol. The van der Waals surface area contributed by atoms with Crippen LogP contribution in [0.1, 0.15) is 13.3 Å². The summed E-state index contributed by atoms with van der Waals surface area (Å²) in [4.78, 5) is 33.5. The Bertz CT molecular complexity index is 1470. The van der Waals surface area contributed by atoms with Crippen molar-refractivity contribution in [3.05, 3.63) is 75.9 Å². The van der Waals surface area contributed by atoms with Crippen LogP contribution < -0.4 is 15.8 Å². The minimum Gasteiger partial charge on any atom is -0.468 e. The standard InChI is InChI=1S/C24H21ClFN5O2.C4H8O2/c1-30-22-15(13-18(23(30)32)21-19(25)3-2-4-20(21)26)14-27-24(29-22)28-16-5-7-17(8-6-16)31-9-11-33-12-10-31;1-2-3-6-4-5/h2-8,13-14H,9-12H2,1H3,(H,27,28,29);4H,2-3H2,1H3. The molecule has 0 atom stereocenters. The van der Waals surface area contributed by atoms with Gasteiger partial charge in [-0.15, -0.1) is 0 Å². The Kier molecular flexibility index (Phi) is 9.45. The third kappa shape index (κ3) is 6.71. The fourth-order valence-electron chi connectivity index (χ4n) is 4.11. The van der Waals surface area contributed by atoms with E-state index in [2.05, 4.69) is 24.9 Å². The first-order valence-corrected chi connectivity index (χ1v) is 12.9. The van der Waals surface area contributed by atoms with Crippen molar-refractivity contribution in [3.8, 4) is 11.1 Å². The molecule has 2 aromatic carbocycles. The van der Waals surface area contributed by atoms with E-state index < -0.39 is 11.4 Å². The molecular formula is C28H29ClFN5O4. The van der Waals surface area contributed by atoms with Gasteiger partial charge in [-0.05, 0) is 48.9 Å². The van der Waals surface area contributed by atoms with E-state index in [1.54, 1.807) is 25.4 Å². The smallest absolute Gasteiger partial charge is 0.293 e. The molecular weight excluding hydrogens is 525 g/mol. The molecule has 1 aliphatic rings. The molecule has 4 aromatic rings. The van der Waals surface area contributed by atoms with Crippen LogP contribution in [-0.4, -0.2) is 53.9 Å². The molecule has 9 nitrogen and oxygen atoms in total. The van der Waals surface area contributed by atoms with E-state index >= 15 is 0 Å². The minimum absolute atomic E-state index is 0.0734. The van der Waals surface area contributed by atoms with Gasteiger partial charge < -0.3 is 19.7 Å². The first-order chi connectivity index (χ1) is 18.9. The summed E-state index contributed by atoms with van der Waals surface area (Å²) in [6.45, 7) is 6.16. The van der Waals surface area contributed by atoms with E-state index in [4.69, 9.17) is 16.3 Å². The van der Waals surface area contributed by atoms with Crippen LogP contribution in [0.3, 0.4) is 0 Å². The number of rotatable bonds is 7. The van der Waals surface area contributed by atoms with Crippen molar-refractivity contribution >= 4 is 46.4 Å². The van der Waals surface area contributed by atoms with Crippen LogP contribution in [0.15, 0.2) is 59.5 Å². The van der Waals surface area contributed by atoms with Crippen LogP contribution in [0.2, 0.25) is 5.02 Å². The number of aromatic nitrogens is 3. The number of carbonyl (C=O) groups excluding carboxylic acids is 1. The van der Waals surface area contributed by atoms with Crippen molar-refractivity contribution in [2.45, 2.75) is 13.3 Å². The Morgan fingerprint density at radius 1 is 1.18 bits per heavy atom. The van der Waals surface area contributed by atoms with E-state index in [0.717, 1.165) is 44.1 Å². The van der Waals surface area contributed by atoms with E-state index in [1.807, 2.05) is 31.2 Å². The van der Waals surface area contributed by atoms with Crippen molar-refractivity contribution < 1.29 is 18.7 Å². The SMILES string of the molecule is CCCOC=O.Cn1c(=O)c(-c2c(F)cccc2Cl)cc2cnc(Nc3ccc(N4CCOCC4)cc3)nc21. The number of pyridine rings is 1. The topological polar surface area (TPSA) is 98.6 Å². The fraction of sp³-hybridized carbons (Fsp3) is 0.286. The quantitative estimate of drug-likeness (QED) is 0.254. The summed E-state index contributed by atoms with van der Waals surface area (Å²) in [5.74, 6) is -0.202. The maximum absolute atomic E-state index is 14.4. The van der Waals surface area contributed by atoms with Crippen LogP contribution in [0.4, 0.5) is 21.7 Å². The van der Waals surface area contributed by atoms with Crippen LogP contribution in [-0.2, 0) is 21.3 Å². The number of nitrogens with zero attached hydrogens (tertiary/aromatic N) is 4. The number of hydrogen-bond acceptors (Lipinski definition) is 8. The van der Waals surface area contributed by atoms with Crippen molar-refractivity contribution in [3.63, 3.8) is 0 Å². The molecule has 1 fully saturated rings. The molecule has 204 valence electrons. The number of hydrogen-bond donors (Lipinski definition) is 1. The maximum atomic E-state index is 14.4. The predicted octanol–water partition coefficient (Wildman–Crippen LogP) is 4.94. The van der Waals surface area contributed by atoms with Gasteiger partial charge in [-0.1, -0.05) is 24.6 Å². The zero-order valence-electron chi connectivity index (χ0n) is 21.7. The third-order valence-corrected chi connectivity index (χ3v) is 6.39. The van der Waals surface area contributed by atoms with E-state index in [9.17, 15) is 14.0 Å². The largest absolute Gasteiger partial charge is 0.468 e. The molecule has 0 spiro atoms. The molecule has 1 aliphatic heterocycles. The molecule has 0 aliphatic carbocycles. The van der Waals surface area contributed by atoms with Gasteiger partial charge in [-0.3, -0.25) is 14.2 Å². The predicted molar refractivity (Wildman–Crippen MR) is 150 cm³/mol. The molecule has 5 rings (SSSR count). The molecule has 3 heterocycles. The summed E-state index contributed by atoms with van der Waals surface area (Å²) < 4.78 is 25.5. The molecule has 1 saturated heterocycles. The summed E-state index contributed by atoms with van der Waals surface area (Å²) in [6, 6.07) is 13.9. The van der Waals surface area contributed by atoms with Gasteiger partial charge in [0.25, 0.3) is 12.0 Å². The van der Waals surface area contributed by atoms with Crippen molar-refractivity contribution in [1.29, 1.82) is 0 Å². The summed E-state index contributed by atoms with van der Waals surface area (Å²) in [5, 5.41) is 3.94. The Morgan fingerprint density at radius 3 is 2.56 bits per heavy atom. The van der Waals surface area contributed by atoms with Crippen LogP contribution in [0.25, 0.3) is 22.2 Å². The van der Waals surface area contributed by atoms with Crippen LogP contribution in [0.5, 0.6) is 0 Å². The van der Waals surface area contributed by atoms with Gasteiger partial charge in [0.05, 0.1) is 30.4 Å². The van der Waals surface area contributed by atoms with Gasteiger partial charge in [-0.2, -0.15) is 4.98 Å². The summed E-state index contributed by atoms with van der Waals surface area (Å²) >= 11 is 6.18. The minimum atomic E-state index is -0.557. The number of aryl methyl sites for hydroxylation is 1. The number of anilines is 3. The molecule has 2 aromatic heterocycles.